The van der Waals surface area contributed by atoms with Crippen LogP contribution in [0.2, 0.25) is 0 Å². The van der Waals surface area contributed by atoms with Gasteiger partial charge in [-0.05, 0) is 24.7 Å². The molecule has 1 heterocycles. The van der Waals surface area contributed by atoms with Crippen LogP contribution in [0.3, 0.4) is 0 Å². The summed E-state index contributed by atoms with van der Waals surface area (Å²) in [6.07, 6.45) is 3.85. The van der Waals surface area contributed by atoms with E-state index < -0.39 is 0 Å². The third-order valence-corrected chi connectivity index (χ3v) is 2.27. The molecule has 0 aliphatic rings. The van der Waals surface area contributed by atoms with Crippen LogP contribution in [0.4, 0.5) is 0 Å². The van der Waals surface area contributed by atoms with Crippen LogP contribution < -0.4 is 10.6 Å². The Morgan fingerprint density at radius 1 is 1.50 bits per heavy atom. The van der Waals surface area contributed by atoms with Gasteiger partial charge in [0.15, 0.2) is 5.11 Å². The molecule has 0 bridgehead atoms. The smallest absolute Gasteiger partial charge is 0.166 e. The van der Waals surface area contributed by atoms with Gasteiger partial charge in [-0.3, -0.25) is 4.68 Å². The van der Waals surface area contributed by atoms with Crippen molar-refractivity contribution < 1.29 is 4.74 Å². The van der Waals surface area contributed by atoms with Crippen LogP contribution >= 0.6 is 12.2 Å². The van der Waals surface area contributed by atoms with Crippen molar-refractivity contribution in [2.45, 2.75) is 13.5 Å². The molecule has 0 aliphatic carbocycles. The molecule has 6 heteroatoms. The number of nitrogens with one attached hydrogen (secondary N) is 2. The quantitative estimate of drug-likeness (QED) is 0.555. The molecule has 0 aliphatic heterocycles. The van der Waals surface area contributed by atoms with Crippen molar-refractivity contribution in [3.05, 3.63) is 18.0 Å². The van der Waals surface area contributed by atoms with Crippen molar-refractivity contribution in [2.24, 2.45) is 0 Å². The zero-order valence-corrected chi connectivity index (χ0v) is 10.5. The predicted octanol–water partition coefficient (Wildman–Crippen LogP) is 0.302. The molecule has 1 aromatic rings. The fourth-order valence-corrected chi connectivity index (χ4v) is 1.41. The van der Waals surface area contributed by atoms with Crippen LogP contribution in [0.15, 0.2) is 12.4 Å². The number of rotatable bonds is 6. The standard InChI is InChI=1S/C10H18N4OS/c1-9-7-13-14(8-9)5-3-11-10(16)12-4-6-15-2/h7-8H,3-6H2,1-2H3,(H2,11,12,16). The summed E-state index contributed by atoms with van der Waals surface area (Å²) < 4.78 is 6.79. The normalized spacial score (nSPS) is 10.1. The Kier molecular flexibility index (Phi) is 5.81. The largest absolute Gasteiger partial charge is 0.383 e. The van der Waals surface area contributed by atoms with Crippen molar-refractivity contribution in [1.82, 2.24) is 20.4 Å². The Labute approximate surface area is 101 Å². The molecule has 0 aromatic carbocycles. The molecule has 5 nitrogen and oxygen atoms in total. The van der Waals surface area contributed by atoms with E-state index in [2.05, 4.69) is 15.7 Å². The van der Waals surface area contributed by atoms with Gasteiger partial charge in [0.25, 0.3) is 0 Å². The number of nitrogens with zero attached hydrogens (tertiary/aromatic N) is 2. The van der Waals surface area contributed by atoms with Gasteiger partial charge in [0.2, 0.25) is 0 Å². The molecule has 2 N–H and O–H groups in total. The van der Waals surface area contributed by atoms with E-state index >= 15 is 0 Å². The third-order valence-electron chi connectivity index (χ3n) is 1.98. The van der Waals surface area contributed by atoms with E-state index in [0.29, 0.717) is 11.7 Å². The lowest BCUT2D eigenvalue weighted by Crippen LogP contribution is -2.38. The van der Waals surface area contributed by atoms with Crippen molar-refractivity contribution in [3.63, 3.8) is 0 Å². The van der Waals surface area contributed by atoms with Gasteiger partial charge in [0.05, 0.1) is 19.3 Å². The minimum absolute atomic E-state index is 0.653. The highest BCUT2D eigenvalue weighted by Gasteiger charge is 1.96. The molecule has 0 atom stereocenters. The summed E-state index contributed by atoms with van der Waals surface area (Å²) in [4.78, 5) is 0. The van der Waals surface area contributed by atoms with Gasteiger partial charge in [-0.15, -0.1) is 0 Å². The lowest BCUT2D eigenvalue weighted by Gasteiger charge is -2.09. The second-order valence-electron chi connectivity index (χ2n) is 3.46. The average Bonchev–Trinajstić information content (AvgIpc) is 2.65. The van der Waals surface area contributed by atoms with Gasteiger partial charge in [-0.1, -0.05) is 0 Å². The topological polar surface area (TPSA) is 51.1 Å². The maximum absolute atomic E-state index is 5.08. The first-order valence-corrected chi connectivity index (χ1v) is 5.63. The number of aryl methyl sites for hydroxylation is 1. The molecule has 0 amide bonds. The highest BCUT2D eigenvalue weighted by molar-refractivity contribution is 7.80. The molecule has 90 valence electrons. The molecule has 0 radical (unpaired) electrons. The van der Waals surface area contributed by atoms with E-state index in [1.54, 1.807) is 7.11 Å². The summed E-state index contributed by atoms with van der Waals surface area (Å²) in [5.41, 5.74) is 1.17. The first kappa shape index (κ1) is 12.9. The molecule has 1 rings (SSSR count). The maximum atomic E-state index is 5.08. The van der Waals surface area contributed by atoms with Gasteiger partial charge < -0.3 is 15.4 Å². The lowest BCUT2D eigenvalue weighted by atomic mass is 10.4. The zero-order chi connectivity index (χ0) is 11.8. The highest BCUT2D eigenvalue weighted by atomic mass is 32.1. The van der Waals surface area contributed by atoms with Crippen molar-refractivity contribution in [2.75, 3.05) is 26.8 Å². The van der Waals surface area contributed by atoms with E-state index in [9.17, 15) is 0 Å². The number of hydrogen-bond donors (Lipinski definition) is 2. The summed E-state index contributed by atoms with van der Waals surface area (Å²) in [5, 5.41) is 11.0. The van der Waals surface area contributed by atoms with Crippen LogP contribution in [0, 0.1) is 6.92 Å². The Balaban J connectivity index is 2.08. The molecule has 0 unspecified atom stereocenters. The Morgan fingerprint density at radius 3 is 2.88 bits per heavy atom. The molecular formula is C10H18N4OS. The fourth-order valence-electron chi connectivity index (χ4n) is 1.20. The van der Waals surface area contributed by atoms with Gasteiger partial charge >= 0.3 is 0 Å². The van der Waals surface area contributed by atoms with Crippen LogP contribution in [-0.4, -0.2) is 41.7 Å². The zero-order valence-electron chi connectivity index (χ0n) is 9.69. The van der Waals surface area contributed by atoms with Gasteiger partial charge in [-0.25, -0.2) is 0 Å². The van der Waals surface area contributed by atoms with Crippen molar-refractivity contribution in [1.29, 1.82) is 0 Å². The molecule has 16 heavy (non-hydrogen) atoms. The van der Waals surface area contributed by atoms with Crippen molar-refractivity contribution in [3.8, 4) is 0 Å². The van der Waals surface area contributed by atoms with E-state index in [-0.39, 0.29) is 0 Å². The fraction of sp³-hybridized carbons (Fsp3) is 0.600. The van der Waals surface area contributed by atoms with Crippen LogP contribution in [0.25, 0.3) is 0 Å². The third kappa shape index (κ3) is 5.09. The molecular weight excluding hydrogens is 224 g/mol. The molecule has 0 saturated carbocycles. The summed E-state index contributed by atoms with van der Waals surface area (Å²) in [7, 11) is 1.66. The SMILES string of the molecule is COCCNC(=S)NCCn1cc(C)cn1. The number of thiocarbonyl (C=S) groups is 1. The average molecular weight is 242 g/mol. The number of ether oxygens (including phenoxy) is 1. The first-order chi connectivity index (χ1) is 7.72. The number of hydrogen-bond acceptors (Lipinski definition) is 3. The molecule has 0 spiro atoms. The maximum Gasteiger partial charge on any atom is 0.166 e. The summed E-state index contributed by atoms with van der Waals surface area (Å²) in [5.74, 6) is 0. The monoisotopic (exact) mass is 242 g/mol. The van der Waals surface area contributed by atoms with Crippen LogP contribution in [0.5, 0.6) is 0 Å². The number of aromatic nitrogens is 2. The van der Waals surface area contributed by atoms with Crippen molar-refractivity contribution >= 4 is 17.3 Å². The molecule has 0 fully saturated rings. The minimum Gasteiger partial charge on any atom is -0.383 e. The molecule has 1 aromatic heterocycles. The summed E-state index contributed by atoms with van der Waals surface area (Å²) in [6, 6.07) is 0. The van der Waals surface area contributed by atoms with E-state index in [4.69, 9.17) is 17.0 Å². The summed E-state index contributed by atoms with van der Waals surface area (Å²) in [6.45, 7) is 4.97. The Morgan fingerprint density at radius 2 is 2.25 bits per heavy atom. The van der Waals surface area contributed by atoms with Crippen LogP contribution in [0.1, 0.15) is 5.56 Å². The van der Waals surface area contributed by atoms with E-state index in [1.807, 2.05) is 24.0 Å². The van der Waals surface area contributed by atoms with Gasteiger partial charge in [0, 0.05) is 26.4 Å². The number of methoxy groups -OCH3 is 1. The predicted molar refractivity (Wildman–Crippen MR) is 67.4 cm³/mol. The Bertz CT molecular complexity index is 326. The summed E-state index contributed by atoms with van der Waals surface area (Å²) >= 11 is 5.08. The highest BCUT2D eigenvalue weighted by Crippen LogP contribution is 1.92. The van der Waals surface area contributed by atoms with Gasteiger partial charge in [0.1, 0.15) is 0 Å². The van der Waals surface area contributed by atoms with E-state index in [1.165, 1.54) is 5.56 Å². The van der Waals surface area contributed by atoms with Gasteiger partial charge in [-0.2, -0.15) is 5.10 Å². The molecule has 0 saturated heterocycles. The first-order valence-electron chi connectivity index (χ1n) is 5.22. The minimum atomic E-state index is 0.653. The second-order valence-corrected chi connectivity index (χ2v) is 3.86. The lowest BCUT2D eigenvalue weighted by molar-refractivity contribution is 0.204. The second kappa shape index (κ2) is 7.19. The van der Waals surface area contributed by atoms with Crippen LogP contribution in [-0.2, 0) is 11.3 Å². The van der Waals surface area contributed by atoms with E-state index in [0.717, 1.165) is 19.6 Å². The Hall–Kier alpha value is -1.14.